The molecule has 0 N–H and O–H groups in total. The van der Waals surface area contributed by atoms with E-state index in [1.807, 2.05) is 35.0 Å². The average Bonchev–Trinajstić information content (AvgIpc) is 2.74. The number of pyridine rings is 2. The van der Waals surface area contributed by atoms with Crippen LogP contribution >= 0.6 is 15.9 Å². The van der Waals surface area contributed by atoms with Crippen LogP contribution < -0.4 is 0 Å². The van der Waals surface area contributed by atoms with E-state index < -0.39 is 0 Å². The monoisotopic (exact) mass is 287 g/mol. The Morgan fingerprint density at radius 1 is 1.18 bits per heavy atom. The van der Waals surface area contributed by atoms with Crippen molar-refractivity contribution in [2.45, 2.75) is 6.92 Å². The van der Waals surface area contributed by atoms with Crippen molar-refractivity contribution >= 4 is 21.6 Å². The van der Waals surface area contributed by atoms with Gasteiger partial charge >= 0.3 is 0 Å². The standard InChI is InChI=1S/C13H10BrN3/c1-9-6-13-16-12(8-17(13)7-10(9)14)11-4-2-3-5-15-11/h2-8H,1H3. The molecule has 0 aromatic carbocycles. The molecular formula is C13H10BrN3. The third-order valence-corrected chi connectivity index (χ3v) is 3.49. The Morgan fingerprint density at radius 3 is 2.82 bits per heavy atom. The molecule has 0 aliphatic carbocycles. The fourth-order valence-electron chi connectivity index (χ4n) is 1.74. The smallest absolute Gasteiger partial charge is 0.137 e. The summed E-state index contributed by atoms with van der Waals surface area (Å²) in [5.74, 6) is 0. The summed E-state index contributed by atoms with van der Waals surface area (Å²) in [6, 6.07) is 7.88. The molecule has 3 aromatic rings. The van der Waals surface area contributed by atoms with E-state index in [-0.39, 0.29) is 0 Å². The SMILES string of the molecule is Cc1cc2nc(-c3ccccn3)cn2cc1Br. The number of hydrogen-bond donors (Lipinski definition) is 0. The van der Waals surface area contributed by atoms with E-state index in [1.54, 1.807) is 6.20 Å². The Bertz CT molecular complexity index is 635. The molecule has 0 saturated carbocycles. The molecule has 17 heavy (non-hydrogen) atoms. The van der Waals surface area contributed by atoms with E-state index in [4.69, 9.17) is 0 Å². The summed E-state index contributed by atoms with van der Waals surface area (Å²) in [7, 11) is 0. The lowest BCUT2D eigenvalue weighted by molar-refractivity contribution is 1.15. The minimum Gasteiger partial charge on any atom is -0.305 e. The number of halogens is 1. The maximum Gasteiger partial charge on any atom is 0.137 e. The summed E-state index contributed by atoms with van der Waals surface area (Å²) in [5.41, 5.74) is 3.90. The minimum atomic E-state index is 0.892. The van der Waals surface area contributed by atoms with Gasteiger partial charge in [-0.05, 0) is 46.6 Å². The molecule has 0 bridgehead atoms. The van der Waals surface area contributed by atoms with Gasteiger partial charge in [-0.25, -0.2) is 4.98 Å². The summed E-state index contributed by atoms with van der Waals surface area (Å²) in [5, 5.41) is 0. The highest BCUT2D eigenvalue weighted by atomic mass is 79.9. The molecule has 0 fully saturated rings. The highest BCUT2D eigenvalue weighted by Crippen LogP contribution is 2.21. The summed E-state index contributed by atoms with van der Waals surface area (Å²) in [6.07, 6.45) is 5.78. The van der Waals surface area contributed by atoms with Gasteiger partial charge in [0.15, 0.2) is 0 Å². The Hall–Kier alpha value is -1.68. The summed E-state index contributed by atoms with van der Waals surface area (Å²) in [4.78, 5) is 8.87. The topological polar surface area (TPSA) is 30.2 Å². The molecule has 0 amide bonds. The lowest BCUT2D eigenvalue weighted by Crippen LogP contribution is -1.85. The molecule has 0 radical (unpaired) electrons. The van der Waals surface area contributed by atoms with Crippen molar-refractivity contribution < 1.29 is 0 Å². The van der Waals surface area contributed by atoms with Gasteiger partial charge < -0.3 is 4.40 Å². The molecule has 3 aromatic heterocycles. The molecule has 84 valence electrons. The highest BCUT2D eigenvalue weighted by molar-refractivity contribution is 9.10. The van der Waals surface area contributed by atoms with Gasteiger partial charge in [0.2, 0.25) is 0 Å². The van der Waals surface area contributed by atoms with Crippen LogP contribution in [-0.2, 0) is 0 Å². The lowest BCUT2D eigenvalue weighted by Gasteiger charge is -1.98. The average molecular weight is 288 g/mol. The van der Waals surface area contributed by atoms with Gasteiger partial charge in [-0.1, -0.05) is 6.07 Å². The van der Waals surface area contributed by atoms with Crippen LogP contribution in [0, 0.1) is 6.92 Å². The summed E-state index contributed by atoms with van der Waals surface area (Å²) in [6.45, 7) is 2.05. The molecule has 0 aliphatic rings. The third-order valence-electron chi connectivity index (χ3n) is 2.66. The largest absolute Gasteiger partial charge is 0.305 e. The Morgan fingerprint density at radius 2 is 2.06 bits per heavy atom. The van der Waals surface area contributed by atoms with Gasteiger partial charge in [0, 0.05) is 23.1 Å². The normalized spacial score (nSPS) is 10.9. The van der Waals surface area contributed by atoms with Gasteiger partial charge in [0.1, 0.15) is 11.3 Å². The van der Waals surface area contributed by atoms with Crippen LogP contribution in [0.15, 0.2) is 47.3 Å². The maximum atomic E-state index is 4.56. The first-order valence-electron chi connectivity index (χ1n) is 5.30. The molecule has 0 saturated heterocycles. The first-order valence-corrected chi connectivity index (χ1v) is 6.09. The first kappa shape index (κ1) is 10.5. The zero-order valence-electron chi connectivity index (χ0n) is 9.26. The Kier molecular flexibility index (Phi) is 2.44. The number of aryl methyl sites for hydroxylation is 1. The van der Waals surface area contributed by atoms with E-state index in [1.165, 1.54) is 5.56 Å². The van der Waals surface area contributed by atoms with Gasteiger partial charge in [-0.2, -0.15) is 0 Å². The number of fused-ring (bicyclic) bond motifs is 1. The quantitative estimate of drug-likeness (QED) is 0.686. The fourth-order valence-corrected chi connectivity index (χ4v) is 2.08. The van der Waals surface area contributed by atoms with Crippen molar-refractivity contribution in [2.75, 3.05) is 0 Å². The van der Waals surface area contributed by atoms with Gasteiger partial charge in [0.25, 0.3) is 0 Å². The molecule has 3 heterocycles. The van der Waals surface area contributed by atoms with E-state index in [0.29, 0.717) is 0 Å². The summed E-state index contributed by atoms with van der Waals surface area (Å²) < 4.78 is 3.08. The number of aromatic nitrogens is 3. The molecule has 0 spiro atoms. The van der Waals surface area contributed by atoms with E-state index >= 15 is 0 Å². The molecule has 0 aliphatic heterocycles. The van der Waals surface area contributed by atoms with Gasteiger partial charge in [0.05, 0.1) is 5.69 Å². The van der Waals surface area contributed by atoms with Crippen LogP contribution in [0.3, 0.4) is 0 Å². The number of rotatable bonds is 1. The minimum absolute atomic E-state index is 0.892. The van der Waals surface area contributed by atoms with Crippen LogP contribution in [0.5, 0.6) is 0 Å². The predicted octanol–water partition coefficient (Wildman–Crippen LogP) is 3.47. The van der Waals surface area contributed by atoms with Crippen LogP contribution in [0.2, 0.25) is 0 Å². The van der Waals surface area contributed by atoms with Crippen molar-refractivity contribution in [2.24, 2.45) is 0 Å². The van der Waals surface area contributed by atoms with Crippen molar-refractivity contribution in [1.29, 1.82) is 0 Å². The Labute approximate surface area is 107 Å². The number of hydrogen-bond acceptors (Lipinski definition) is 2. The van der Waals surface area contributed by atoms with Gasteiger partial charge in [-0.15, -0.1) is 0 Å². The van der Waals surface area contributed by atoms with Crippen molar-refractivity contribution in [3.05, 3.63) is 52.9 Å². The van der Waals surface area contributed by atoms with E-state index in [0.717, 1.165) is 21.5 Å². The Balaban J connectivity index is 2.21. The first-order chi connectivity index (χ1) is 8.24. The van der Waals surface area contributed by atoms with E-state index in [9.17, 15) is 0 Å². The fraction of sp³-hybridized carbons (Fsp3) is 0.0769. The zero-order chi connectivity index (χ0) is 11.8. The molecule has 4 heteroatoms. The van der Waals surface area contributed by atoms with Gasteiger partial charge in [-0.3, -0.25) is 4.98 Å². The predicted molar refractivity (Wildman–Crippen MR) is 70.9 cm³/mol. The number of nitrogens with zero attached hydrogens (tertiary/aromatic N) is 3. The molecule has 3 rings (SSSR count). The van der Waals surface area contributed by atoms with Crippen LogP contribution in [0.25, 0.3) is 17.0 Å². The zero-order valence-corrected chi connectivity index (χ0v) is 10.8. The third kappa shape index (κ3) is 1.85. The van der Waals surface area contributed by atoms with Crippen molar-refractivity contribution in [3.63, 3.8) is 0 Å². The molecule has 0 atom stereocenters. The molecule has 3 nitrogen and oxygen atoms in total. The maximum absolute atomic E-state index is 4.56. The van der Waals surface area contributed by atoms with E-state index in [2.05, 4.69) is 38.9 Å². The summed E-state index contributed by atoms with van der Waals surface area (Å²) >= 11 is 3.52. The second-order valence-corrected chi connectivity index (χ2v) is 4.77. The van der Waals surface area contributed by atoms with Crippen molar-refractivity contribution in [1.82, 2.24) is 14.4 Å². The number of imidazole rings is 1. The second kappa shape index (κ2) is 3.96. The van der Waals surface area contributed by atoms with Crippen LogP contribution in [0.1, 0.15) is 5.56 Å². The van der Waals surface area contributed by atoms with Crippen LogP contribution in [0.4, 0.5) is 0 Å². The highest BCUT2D eigenvalue weighted by Gasteiger charge is 2.06. The lowest BCUT2D eigenvalue weighted by atomic mass is 10.3. The molecular weight excluding hydrogens is 278 g/mol. The second-order valence-electron chi connectivity index (χ2n) is 3.91. The molecule has 0 unspecified atom stereocenters. The van der Waals surface area contributed by atoms with Crippen molar-refractivity contribution in [3.8, 4) is 11.4 Å². The van der Waals surface area contributed by atoms with Crippen LogP contribution in [-0.4, -0.2) is 14.4 Å².